The molecule has 0 aliphatic heterocycles. The van der Waals surface area contributed by atoms with Crippen LogP contribution in [0.25, 0.3) is 17.0 Å². The molecule has 3 aromatic rings. The quantitative estimate of drug-likeness (QED) is 0.238. The van der Waals surface area contributed by atoms with Gasteiger partial charge >= 0.3 is 0 Å². The second kappa shape index (κ2) is 9.72. The van der Waals surface area contributed by atoms with E-state index in [4.69, 9.17) is 4.84 Å². The average molecular weight is 457 g/mol. The highest BCUT2D eigenvalue weighted by Gasteiger charge is 2.23. The zero-order chi connectivity index (χ0) is 24.4. The minimum absolute atomic E-state index is 0.0595. The fourth-order valence-corrected chi connectivity index (χ4v) is 4.78. The van der Waals surface area contributed by atoms with E-state index in [-0.39, 0.29) is 11.5 Å². The van der Waals surface area contributed by atoms with Crippen molar-refractivity contribution in [2.45, 2.75) is 46.6 Å². The molecule has 0 unspecified atom stereocenters. The highest BCUT2D eigenvalue weighted by atomic mass is 16.6. The van der Waals surface area contributed by atoms with Gasteiger partial charge in [-0.1, -0.05) is 25.6 Å². The van der Waals surface area contributed by atoms with E-state index < -0.39 is 0 Å². The fraction of sp³-hybridized carbons (Fsp3) is 0.310. The Balaban J connectivity index is 1.79. The topological polar surface area (TPSA) is 63.8 Å². The van der Waals surface area contributed by atoms with Gasteiger partial charge in [0, 0.05) is 39.8 Å². The van der Waals surface area contributed by atoms with Crippen LogP contribution in [0.4, 0.5) is 0 Å². The number of allylic oxidation sites excluding steroid dienone is 2. The van der Waals surface area contributed by atoms with E-state index in [0.717, 1.165) is 59.1 Å². The smallest absolute Gasteiger partial charge is 0.193 e. The van der Waals surface area contributed by atoms with Gasteiger partial charge in [0.25, 0.3) is 0 Å². The molecule has 5 nitrogen and oxygen atoms in total. The minimum Gasteiger partial charge on any atom is -0.508 e. The Morgan fingerprint density at radius 2 is 1.85 bits per heavy atom. The summed E-state index contributed by atoms with van der Waals surface area (Å²) in [7, 11) is 1.57. The number of rotatable bonds is 8. The van der Waals surface area contributed by atoms with Crippen LogP contribution in [0.5, 0.6) is 5.75 Å². The van der Waals surface area contributed by atoms with Gasteiger partial charge in [-0.05, 0) is 91.8 Å². The summed E-state index contributed by atoms with van der Waals surface area (Å²) in [5.41, 5.74) is 7.73. The maximum atomic E-state index is 13.1. The number of carbonyl (C=O) groups excluding carboxylic acids is 1. The summed E-state index contributed by atoms with van der Waals surface area (Å²) in [6.45, 7) is 11.7. The largest absolute Gasteiger partial charge is 0.508 e. The molecule has 0 radical (unpaired) electrons. The van der Waals surface area contributed by atoms with Crippen molar-refractivity contribution in [3.8, 4) is 5.75 Å². The summed E-state index contributed by atoms with van der Waals surface area (Å²) in [6, 6.07) is 12.3. The van der Waals surface area contributed by atoms with Crippen LogP contribution in [0.1, 0.15) is 60.8 Å². The zero-order valence-corrected chi connectivity index (χ0v) is 20.4. The molecule has 1 heterocycles. The lowest BCUT2D eigenvalue weighted by Crippen LogP contribution is -2.12. The first-order valence-corrected chi connectivity index (χ1v) is 11.8. The lowest BCUT2D eigenvalue weighted by Gasteiger charge is -2.19. The first-order chi connectivity index (χ1) is 16.3. The monoisotopic (exact) mass is 456 g/mol. The van der Waals surface area contributed by atoms with Crippen LogP contribution < -0.4 is 0 Å². The highest BCUT2D eigenvalue weighted by molar-refractivity contribution is 6.11. The number of aryl methyl sites for hydroxylation is 1. The van der Waals surface area contributed by atoms with Gasteiger partial charge in [-0.15, -0.1) is 0 Å². The van der Waals surface area contributed by atoms with E-state index in [1.54, 1.807) is 19.2 Å². The molecule has 4 rings (SSSR count). The summed E-state index contributed by atoms with van der Waals surface area (Å²) in [5.74, 6) is 0.532. The summed E-state index contributed by atoms with van der Waals surface area (Å²) in [5, 5.41) is 14.9. The molecule has 0 atom stereocenters. The van der Waals surface area contributed by atoms with Crippen molar-refractivity contribution in [1.29, 1.82) is 0 Å². The van der Waals surface area contributed by atoms with Crippen molar-refractivity contribution >= 4 is 28.5 Å². The maximum absolute atomic E-state index is 13.1. The zero-order valence-electron chi connectivity index (χ0n) is 20.4. The predicted molar refractivity (Wildman–Crippen MR) is 138 cm³/mol. The molecule has 34 heavy (non-hydrogen) atoms. The number of phenolic OH excluding ortho intramolecular Hbond substituents is 1. The molecule has 0 fully saturated rings. The van der Waals surface area contributed by atoms with Crippen LogP contribution >= 0.6 is 0 Å². The van der Waals surface area contributed by atoms with E-state index in [0.29, 0.717) is 17.0 Å². The Morgan fingerprint density at radius 3 is 2.50 bits per heavy atom. The molecular formula is C29H32N2O3. The third-order valence-corrected chi connectivity index (χ3v) is 6.41. The number of phenols is 1. The number of hydrogen-bond acceptors (Lipinski definition) is 4. The number of fused-ring (bicyclic) bond motifs is 3. The van der Waals surface area contributed by atoms with Crippen LogP contribution in [0.15, 0.2) is 65.3 Å². The first-order valence-electron chi connectivity index (χ1n) is 11.8. The molecule has 1 aliphatic rings. The normalized spacial score (nSPS) is 13.7. The Hall–Kier alpha value is -3.60. The van der Waals surface area contributed by atoms with Crippen LogP contribution in [0.2, 0.25) is 0 Å². The van der Waals surface area contributed by atoms with Gasteiger partial charge < -0.3 is 14.5 Å². The van der Waals surface area contributed by atoms with Crippen molar-refractivity contribution in [2.24, 2.45) is 11.1 Å². The molecule has 1 aliphatic carbocycles. The number of benzene rings is 2. The summed E-state index contributed by atoms with van der Waals surface area (Å²) >= 11 is 0. The maximum Gasteiger partial charge on any atom is 0.193 e. The third kappa shape index (κ3) is 4.43. The van der Waals surface area contributed by atoms with Crippen LogP contribution in [-0.2, 0) is 17.8 Å². The molecule has 1 N–H and O–H groups in total. The second-order valence-corrected chi connectivity index (χ2v) is 9.18. The number of aromatic hydroxyl groups is 1. The number of oxime groups is 1. The lowest BCUT2D eigenvalue weighted by atomic mass is 9.87. The van der Waals surface area contributed by atoms with Crippen LogP contribution in [0, 0.1) is 5.92 Å². The first kappa shape index (κ1) is 23.6. The van der Waals surface area contributed by atoms with E-state index in [1.165, 1.54) is 17.8 Å². The van der Waals surface area contributed by atoms with Crippen LogP contribution in [-0.4, -0.2) is 28.3 Å². The van der Waals surface area contributed by atoms with Crippen molar-refractivity contribution in [3.05, 3.63) is 82.6 Å². The van der Waals surface area contributed by atoms with Gasteiger partial charge in [0.15, 0.2) is 5.78 Å². The van der Waals surface area contributed by atoms with E-state index in [2.05, 4.69) is 43.1 Å². The highest BCUT2D eigenvalue weighted by Crippen LogP contribution is 2.37. The Morgan fingerprint density at radius 1 is 1.15 bits per heavy atom. The molecule has 0 amide bonds. The standard InChI is InChI=1S/C29H32N2O3/c1-6-31-27-13-9-21(19(4)26(30-34-5)15-18(2)3)16-24(27)25-17-22(10-14-28(25)31)29(33)20-7-11-23(32)12-8-20/h7-8,10-12,14,16-18,32H,4,6,9,13,15H2,1-3,5H3/b30-26+. The van der Waals surface area contributed by atoms with Crippen LogP contribution in [0.3, 0.4) is 0 Å². The Labute approximate surface area is 201 Å². The second-order valence-electron chi connectivity index (χ2n) is 9.18. The number of aromatic nitrogens is 1. The number of carbonyl (C=O) groups is 1. The number of hydrogen-bond donors (Lipinski definition) is 1. The van der Waals surface area contributed by atoms with Crippen molar-refractivity contribution < 1.29 is 14.7 Å². The van der Waals surface area contributed by atoms with Crippen molar-refractivity contribution in [2.75, 3.05) is 7.11 Å². The Bertz CT molecular complexity index is 1310. The fourth-order valence-electron chi connectivity index (χ4n) is 4.78. The van der Waals surface area contributed by atoms with E-state index in [9.17, 15) is 9.90 Å². The van der Waals surface area contributed by atoms with E-state index >= 15 is 0 Å². The van der Waals surface area contributed by atoms with Crippen molar-refractivity contribution in [1.82, 2.24) is 4.57 Å². The lowest BCUT2D eigenvalue weighted by molar-refractivity contribution is 0.103. The number of nitrogens with zero attached hydrogens (tertiary/aromatic N) is 2. The van der Waals surface area contributed by atoms with E-state index in [1.807, 2.05) is 18.2 Å². The molecule has 0 bridgehead atoms. The molecule has 1 aromatic heterocycles. The van der Waals surface area contributed by atoms with Gasteiger partial charge in [-0.2, -0.15) is 0 Å². The average Bonchev–Trinajstić information content (AvgIpc) is 3.15. The summed E-state index contributed by atoms with van der Waals surface area (Å²) in [6.07, 6.45) is 4.82. The molecule has 176 valence electrons. The van der Waals surface area contributed by atoms with Gasteiger partial charge in [-0.3, -0.25) is 4.79 Å². The molecule has 0 saturated heterocycles. The molecule has 5 heteroatoms. The molecule has 0 saturated carbocycles. The summed E-state index contributed by atoms with van der Waals surface area (Å²) < 4.78 is 2.34. The van der Waals surface area contributed by atoms with Gasteiger partial charge in [0.05, 0.1) is 5.71 Å². The van der Waals surface area contributed by atoms with Crippen molar-refractivity contribution in [3.63, 3.8) is 0 Å². The van der Waals surface area contributed by atoms with Gasteiger partial charge in [0.1, 0.15) is 12.9 Å². The SMILES string of the molecule is C=C(C1=Cc2c(n(CC)c3ccc(C(=O)c4ccc(O)cc4)cc23)CC1)/C(CC(C)C)=N/OC. The summed E-state index contributed by atoms with van der Waals surface area (Å²) in [4.78, 5) is 18.2. The Kier molecular flexibility index (Phi) is 6.73. The predicted octanol–water partition coefficient (Wildman–Crippen LogP) is 6.53. The molecule has 0 spiro atoms. The third-order valence-electron chi connectivity index (χ3n) is 6.41. The minimum atomic E-state index is -0.0595. The molecule has 2 aromatic carbocycles. The number of ketones is 1. The van der Waals surface area contributed by atoms with Gasteiger partial charge in [-0.25, -0.2) is 0 Å². The molecular weight excluding hydrogens is 424 g/mol. The van der Waals surface area contributed by atoms with Gasteiger partial charge in [0.2, 0.25) is 0 Å².